The topological polar surface area (TPSA) is 68.9 Å². The highest BCUT2D eigenvalue weighted by atomic mass is 32.2. The molecule has 0 amide bonds. The molecule has 0 radical (unpaired) electrons. The molecule has 6 heteroatoms. The lowest BCUT2D eigenvalue weighted by atomic mass is 10.2. The molecule has 5 nitrogen and oxygen atoms in total. The molecule has 1 aromatic heterocycles. The highest BCUT2D eigenvalue weighted by Gasteiger charge is 2.13. The molecule has 1 N–H and O–H groups in total. The Hall–Kier alpha value is -2.44. The first-order valence-corrected chi connectivity index (χ1v) is 8.04. The third-order valence-electron chi connectivity index (χ3n) is 3.53. The molecule has 0 saturated carbocycles. The van der Waals surface area contributed by atoms with Crippen LogP contribution in [0.4, 0.5) is 0 Å². The van der Waals surface area contributed by atoms with Gasteiger partial charge in [-0.25, -0.2) is 0 Å². The number of aliphatic hydroxyl groups excluding tert-OH is 1. The van der Waals surface area contributed by atoms with Crippen LogP contribution in [0.25, 0.3) is 11.0 Å². The van der Waals surface area contributed by atoms with E-state index in [0.29, 0.717) is 27.6 Å². The summed E-state index contributed by atoms with van der Waals surface area (Å²) in [5.74, 6) is 0.971. The van der Waals surface area contributed by atoms with Gasteiger partial charge in [0.2, 0.25) is 0 Å². The number of benzene rings is 2. The van der Waals surface area contributed by atoms with Gasteiger partial charge in [-0.3, -0.25) is 4.79 Å². The quantitative estimate of drug-likeness (QED) is 0.764. The monoisotopic (exact) mass is 344 g/mol. The predicted molar refractivity (Wildman–Crippen MR) is 92.1 cm³/mol. The predicted octanol–water partition coefficient (Wildman–Crippen LogP) is 3.45. The molecule has 0 bridgehead atoms. The van der Waals surface area contributed by atoms with Crippen molar-refractivity contribution in [2.45, 2.75) is 16.6 Å². The zero-order chi connectivity index (χ0) is 17.1. The zero-order valence-corrected chi connectivity index (χ0v) is 14.1. The number of aliphatic hydroxyl groups is 1. The lowest BCUT2D eigenvalue weighted by Crippen LogP contribution is -2.03. The minimum Gasteiger partial charge on any atom is -0.496 e. The van der Waals surface area contributed by atoms with Crippen molar-refractivity contribution in [3.05, 3.63) is 58.3 Å². The Morgan fingerprint density at radius 3 is 2.46 bits per heavy atom. The average molecular weight is 344 g/mol. The Balaban J connectivity index is 2.04. The van der Waals surface area contributed by atoms with Gasteiger partial charge in [0.05, 0.1) is 20.8 Å². The van der Waals surface area contributed by atoms with Crippen LogP contribution in [0.5, 0.6) is 11.5 Å². The molecule has 3 rings (SSSR count). The maximum atomic E-state index is 12.4. The van der Waals surface area contributed by atoms with Gasteiger partial charge in [0.25, 0.3) is 0 Å². The minimum atomic E-state index is -0.176. The smallest absolute Gasteiger partial charge is 0.197 e. The molecule has 0 aliphatic carbocycles. The summed E-state index contributed by atoms with van der Waals surface area (Å²) in [5.41, 5.74) is 1.06. The van der Waals surface area contributed by atoms with Gasteiger partial charge in [-0.1, -0.05) is 23.9 Å². The highest BCUT2D eigenvalue weighted by molar-refractivity contribution is 7.99. The molecule has 3 aromatic rings. The lowest BCUT2D eigenvalue weighted by Gasteiger charge is -2.09. The second-order valence-corrected chi connectivity index (χ2v) is 6.11. The summed E-state index contributed by atoms with van der Waals surface area (Å²) in [7, 11) is 3.04. The zero-order valence-electron chi connectivity index (χ0n) is 13.2. The lowest BCUT2D eigenvalue weighted by molar-refractivity contribution is 0.282. The second kappa shape index (κ2) is 6.98. The third-order valence-corrected chi connectivity index (χ3v) is 4.44. The Kier molecular flexibility index (Phi) is 4.78. The molecule has 124 valence electrons. The number of fused-ring (bicyclic) bond motifs is 1. The van der Waals surface area contributed by atoms with Crippen molar-refractivity contribution in [1.82, 2.24) is 0 Å². The third kappa shape index (κ3) is 3.25. The van der Waals surface area contributed by atoms with Crippen molar-refractivity contribution in [3.8, 4) is 11.5 Å². The van der Waals surface area contributed by atoms with E-state index in [-0.39, 0.29) is 12.0 Å². The second-order valence-electron chi connectivity index (χ2n) is 5.04. The maximum Gasteiger partial charge on any atom is 0.197 e. The van der Waals surface area contributed by atoms with Gasteiger partial charge in [0.1, 0.15) is 22.5 Å². The first-order chi connectivity index (χ1) is 11.6. The van der Waals surface area contributed by atoms with Crippen molar-refractivity contribution in [1.29, 1.82) is 0 Å². The van der Waals surface area contributed by atoms with E-state index in [2.05, 4.69) is 0 Å². The van der Waals surface area contributed by atoms with E-state index in [1.54, 1.807) is 19.2 Å². The van der Waals surface area contributed by atoms with Crippen LogP contribution >= 0.6 is 11.8 Å². The standard InChI is InChI=1S/C18H16O5S/c1-21-12-7-15(22-2)18-14(20)9-17(23-16(18)8-12)24-13-5-3-11(10-19)4-6-13/h3-9,19H,10H2,1-2H3. The Labute approximate surface area is 142 Å². The SMILES string of the molecule is COc1cc(OC)c2c(=O)cc(Sc3ccc(CO)cc3)oc2c1. The molecule has 24 heavy (non-hydrogen) atoms. The fourth-order valence-corrected chi connectivity index (χ4v) is 3.12. The first-order valence-electron chi connectivity index (χ1n) is 7.22. The summed E-state index contributed by atoms with van der Waals surface area (Å²) in [6.07, 6.45) is 0. The summed E-state index contributed by atoms with van der Waals surface area (Å²) in [4.78, 5) is 13.3. The molecule has 0 spiro atoms. The van der Waals surface area contributed by atoms with Crippen LogP contribution in [0.1, 0.15) is 5.56 Å². The summed E-state index contributed by atoms with van der Waals surface area (Å²) in [6, 6.07) is 12.2. The number of methoxy groups -OCH3 is 2. The summed E-state index contributed by atoms with van der Waals surface area (Å²) >= 11 is 1.33. The van der Waals surface area contributed by atoms with Gasteiger partial charge in [0.15, 0.2) is 10.5 Å². The van der Waals surface area contributed by atoms with Crippen LogP contribution < -0.4 is 14.9 Å². The molecule has 0 aliphatic heterocycles. The maximum absolute atomic E-state index is 12.4. The molecule has 0 saturated heterocycles. The minimum absolute atomic E-state index is 0.00437. The van der Waals surface area contributed by atoms with Crippen molar-refractivity contribution in [3.63, 3.8) is 0 Å². The van der Waals surface area contributed by atoms with Crippen molar-refractivity contribution < 1.29 is 19.0 Å². The van der Waals surface area contributed by atoms with Crippen LogP contribution in [-0.2, 0) is 6.61 Å². The molecular formula is C18H16O5S. The fourth-order valence-electron chi connectivity index (χ4n) is 2.31. The number of hydrogen-bond acceptors (Lipinski definition) is 6. The summed E-state index contributed by atoms with van der Waals surface area (Å²) < 4.78 is 16.3. The summed E-state index contributed by atoms with van der Waals surface area (Å²) in [6.45, 7) is -0.00437. The van der Waals surface area contributed by atoms with Crippen molar-refractivity contribution in [2.75, 3.05) is 14.2 Å². The van der Waals surface area contributed by atoms with E-state index in [1.807, 2.05) is 24.3 Å². The number of rotatable bonds is 5. The van der Waals surface area contributed by atoms with Gasteiger partial charge in [0, 0.05) is 23.1 Å². The van der Waals surface area contributed by atoms with Crippen LogP contribution in [-0.4, -0.2) is 19.3 Å². The molecule has 0 unspecified atom stereocenters. The number of ether oxygens (including phenoxy) is 2. The van der Waals surface area contributed by atoms with Gasteiger partial charge in [-0.2, -0.15) is 0 Å². The first kappa shape index (κ1) is 16.4. The Bertz CT molecular complexity index is 915. The van der Waals surface area contributed by atoms with Gasteiger partial charge in [-0.15, -0.1) is 0 Å². The average Bonchev–Trinajstić information content (AvgIpc) is 2.61. The molecule has 2 aromatic carbocycles. The van der Waals surface area contributed by atoms with Crippen LogP contribution in [0, 0.1) is 0 Å². The van der Waals surface area contributed by atoms with E-state index in [4.69, 9.17) is 19.0 Å². The van der Waals surface area contributed by atoms with Crippen LogP contribution in [0.3, 0.4) is 0 Å². The van der Waals surface area contributed by atoms with E-state index < -0.39 is 0 Å². The largest absolute Gasteiger partial charge is 0.496 e. The van der Waals surface area contributed by atoms with Crippen LogP contribution in [0.2, 0.25) is 0 Å². The van der Waals surface area contributed by atoms with E-state index in [1.165, 1.54) is 24.9 Å². The Morgan fingerprint density at radius 2 is 1.83 bits per heavy atom. The summed E-state index contributed by atoms with van der Waals surface area (Å²) in [5, 5.41) is 9.94. The normalized spacial score (nSPS) is 10.8. The van der Waals surface area contributed by atoms with E-state index >= 15 is 0 Å². The van der Waals surface area contributed by atoms with Gasteiger partial charge in [-0.05, 0) is 17.7 Å². The number of hydrogen-bond donors (Lipinski definition) is 1. The molecule has 1 heterocycles. The van der Waals surface area contributed by atoms with Crippen molar-refractivity contribution >= 4 is 22.7 Å². The fraction of sp³-hybridized carbons (Fsp3) is 0.167. The van der Waals surface area contributed by atoms with Crippen LogP contribution in [0.15, 0.2) is 61.7 Å². The van der Waals surface area contributed by atoms with Crippen molar-refractivity contribution in [2.24, 2.45) is 0 Å². The van der Waals surface area contributed by atoms with E-state index in [0.717, 1.165) is 10.5 Å². The molecule has 0 aliphatic rings. The van der Waals surface area contributed by atoms with Gasteiger partial charge < -0.3 is 19.0 Å². The molecular weight excluding hydrogens is 328 g/mol. The van der Waals surface area contributed by atoms with Gasteiger partial charge >= 0.3 is 0 Å². The molecule has 0 atom stereocenters. The Morgan fingerprint density at radius 1 is 1.08 bits per heavy atom. The molecule has 0 fully saturated rings. The highest BCUT2D eigenvalue weighted by Crippen LogP contribution is 2.33. The van der Waals surface area contributed by atoms with E-state index in [9.17, 15) is 4.79 Å².